The first-order valence-electron chi connectivity index (χ1n) is 6.66. The van der Waals surface area contributed by atoms with E-state index in [1.807, 2.05) is 14.1 Å². The summed E-state index contributed by atoms with van der Waals surface area (Å²) in [5.74, 6) is -0.253. The second-order valence-electron chi connectivity index (χ2n) is 5.60. The van der Waals surface area contributed by atoms with Crippen molar-refractivity contribution < 1.29 is 4.39 Å². The summed E-state index contributed by atoms with van der Waals surface area (Å²) in [4.78, 5) is 2.13. The molecule has 4 heteroatoms. The topological polar surface area (TPSA) is 15.3 Å². The minimum Gasteiger partial charge on any atom is -0.308 e. The summed E-state index contributed by atoms with van der Waals surface area (Å²) in [5, 5.41) is 4.08. The first kappa shape index (κ1) is 16.4. The van der Waals surface area contributed by atoms with Crippen LogP contribution in [0.3, 0.4) is 0 Å². The normalized spacial score (nSPS) is 13.9. The van der Waals surface area contributed by atoms with Crippen LogP contribution in [0.1, 0.15) is 38.8 Å². The van der Waals surface area contributed by atoms with Crippen LogP contribution in [0.15, 0.2) is 18.2 Å². The van der Waals surface area contributed by atoms with Gasteiger partial charge >= 0.3 is 0 Å². The van der Waals surface area contributed by atoms with Crippen molar-refractivity contribution in [3.63, 3.8) is 0 Å². The van der Waals surface area contributed by atoms with E-state index < -0.39 is 0 Å². The molecule has 0 saturated heterocycles. The second kappa shape index (κ2) is 6.69. The van der Waals surface area contributed by atoms with E-state index in [-0.39, 0.29) is 17.4 Å². The third kappa shape index (κ3) is 3.91. The van der Waals surface area contributed by atoms with Crippen LogP contribution in [0.2, 0.25) is 5.02 Å². The van der Waals surface area contributed by atoms with Crippen LogP contribution in [0.5, 0.6) is 0 Å². The molecule has 1 atom stereocenters. The SMILES string of the molecule is CCCNC(c1cc(F)ccc1Cl)C(C)(C)N(C)C. The Morgan fingerprint density at radius 1 is 1.37 bits per heavy atom. The van der Waals surface area contributed by atoms with Crippen molar-refractivity contribution in [2.75, 3.05) is 20.6 Å². The fourth-order valence-corrected chi connectivity index (χ4v) is 2.25. The molecular weight excluding hydrogens is 263 g/mol. The van der Waals surface area contributed by atoms with Gasteiger partial charge in [-0.1, -0.05) is 18.5 Å². The maximum absolute atomic E-state index is 13.5. The summed E-state index contributed by atoms with van der Waals surface area (Å²) in [6.45, 7) is 7.23. The van der Waals surface area contributed by atoms with Crippen molar-refractivity contribution in [3.8, 4) is 0 Å². The Bertz CT molecular complexity index is 419. The molecule has 0 aliphatic heterocycles. The molecule has 0 aromatic heterocycles. The van der Waals surface area contributed by atoms with E-state index in [0.717, 1.165) is 18.5 Å². The zero-order valence-corrected chi connectivity index (χ0v) is 13.2. The number of halogens is 2. The Balaban J connectivity index is 3.19. The van der Waals surface area contributed by atoms with Gasteiger partial charge in [0.1, 0.15) is 5.82 Å². The minimum absolute atomic E-state index is 0.0225. The average Bonchev–Trinajstić information content (AvgIpc) is 2.33. The van der Waals surface area contributed by atoms with E-state index in [9.17, 15) is 4.39 Å². The number of rotatable bonds is 6. The summed E-state index contributed by atoms with van der Waals surface area (Å²) in [5.41, 5.74) is 0.640. The average molecular weight is 287 g/mol. The van der Waals surface area contributed by atoms with Gasteiger partial charge in [0, 0.05) is 10.6 Å². The summed E-state index contributed by atoms with van der Waals surface area (Å²) in [6.07, 6.45) is 1.02. The Morgan fingerprint density at radius 2 is 2.00 bits per heavy atom. The van der Waals surface area contributed by atoms with Crippen molar-refractivity contribution in [3.05, 3.63) is 34.6 Å². The molecule has 2 nitrogen and oxygen atoms in total. The molecule has 1 aromatic carbocycles. The van der Waals surface area contributed by atoms with Crippen molar-refractivity contribution in [2.45, 2.75) is 38.8 Å². The molecule has 0 spiro atoms. The molecule has 0 radical (unpaired) electrons. The van der Waals surface area contributed by atoms with Gasteiger partial charge in [0.15, 0.2) is 0 Å². The molecule has 0 aliphatic carbocycles. The van der Waals surface area contributed by atoms with Crippen LogP contribution in [-0.2, 0) is 0 Å². The minimum atomic E-state index is -0.253. The Labute approximate surface area is 120 Å². The lowest BCUT2D eigenvalue weighted by molar-refractivity contribution is 0.138. The predicted octanol–water partition coefficient (Wildman–Crippen LogP) is 3.86. The highest BCUT2D eigenvalue weighted by atomic mass is 35.5. The Hall–Kier alpha value is -0.640. The quantitative estimate of drug-likeness (QED) is 0.854. The molecule has 0 bridgehead atoms. The molecule has 0 saturated carbocycles. The second-order valence-corrected chi connectivity index (χ2v) is 6.01. The molecule has 0 amide bonds. The molecule has 108 valence electrons. The number of nitrogens with one attached hydrogen (secondary N) is 1. The van der Waals surface area contributed by atoms with Crippen molar-refractivity contribution >= 4 is 11.6 Å². The van der Waals surface area contributed by atoms with E-state index in [1.165, 1.54) is 12.1 Å². The van der Waals surface area contributed by atoms with E-state index in [0.29, 0.717) is 5.02 Å². The highest BCUT2D eigenvalue weighted by Gasteiger charge is 2.33. The van der Waals surface area contributed by atoms with E-state index in [1.54, 1.807) is 6.07 Å². The van der Waals surface area contributed by atoms with Crippen molar-refractivity contribution in [2.24, 2.45) is 0 Å². The summed E-state index contributed by atoms with van der Waals surface area (Å²) >= 11 is 6.26. The van der Waals surface area contributed by atoms with Crippen LogP contribution in [-0.4, -0.2) is 31.1 Å². The first-order valence-corrected chi connectivity index (χ1v) is 7.04. The lowest BCUT2D eigenvalue weighted by Crippen LogP contribution is -2.49. The molecule has 1 aromatic rings. The fraction of sp³-hybridized carbons (Fsp3) is 0.600. The monoisotopic (exact) mass is 286 g/mol. The summed E-state index contributed by atoms with van der Waals surface area (Å²) < 4.78 is 13.5. The lowest BCUT2D eigenvalue weighted by atomic mass is 9.87. The summed E-state index contributed by atoms with van der Waals surface area (Å²) in [6, 6.07) is 4.52. The highest BCUT2D eigenvalue weighted by Crippen LogP contribution is 2.34. The standard InChI is InChI=1S/C15H24ClFN2/c1-6-9-18-14(15(2,3)19(4)5)12-10-11(17)7-8-13(12)16/h7-8,10,14,18H,6,9H2,1-5H3. The third-order valence-electron chi connectivity index (χ3n) is 3.73. The molecule has 1 N–H and O–H groups in total. The Morgan fingerprint density at radius 3 is 2.53 bits per heavy atom. The van der Waals surface area contributed by atoms with Crippen LogP contribution in [0.25, 0.3) is 0 Å². The maximum atomic E-state index is 13.5. The molecule has 1 unspecified atom stereocenters. The van der Waals surface area contributed by atoms with Gasteiger partial charge in [0.25, 0.3) is 0 Å². The number of likely N-dealkylation sites (N-methyl/N-ethyl adjacent to an activating group) is 1. The molecule has 19 heavy (non-hydrogen) atoms. The molecular formula is C15H24ClFN2. The van der Waals surface area contributed by atoms with Gasteiger partial charge in [-0.3, -0.25) is 0 Å². The largest absolute Gasteiger partial charge is 0.308 e. The maximum Gasteiger partial charge on any atom is 0.123 e. The van der Waals surface area contributed by atoms with Gasteiger partial charge in [-0.2, -0.15) is 0 Å². The van der Waals surface area contributed by atoms with Crippen molar-refractivity contribution in [1.82, 2.24) is 10.2 Å². The van der Waals surface area contributed by atoms with E-state index in [2.05, 4.69) is 31.0 Å². The third-order valence-corrected chi connectivity index (χ3v) is 4.07. The van der Waals surface area contributed by atoms with E-state index in [4.69, 9.17) is 11.6 Å². The van der Waals surface area contributed by atoms with Gasteiger partial charge in [-0.05, 0) is 64.7 Å². The predicted molar refractivity (Wildman–Crippen MR) is 80.2 cm³/mol. The smallest absolute Gasteiger partial charge is 0.123 e. The molecule has 0 aliphatic rings. The number of hydrogen-bond donors (Lipinski definition) is 1. The molecule has 0 heterocycles. The molecule has 0 fully saturated rings. The number of nitrogens with zero attached hydrogens (tertiary/aromatic N) is 1. The lowest BCUT2D eigenvalue weighted by Gasteiger charge is -2.41. The number of hydrogen-bond acceptors (Lipinski definition) is 2. The van der Waals surface area contributed by atoms with Crippen molar-refractivity contribution in [1.29, 1.82) is 0 Å². The molecule has 1 rings (SSSR count). The zero-order valence-electron chi connectivity index (χ0n) is 12.4. The zero-order chi connectivity index (χ0) is 14.6. The van der Waals surface area contributed by atoms with Gasteiger partial charge in [-0.25, -0.2) is 4.39 Å². The first-order chi connectivity index (χ1) is 8.80. The highest BCUT2D eigenvalue weighted by molar-refractivity contribution is 6.31. The van der Waals surface area contributed by atoms with Crippen LogP contribution in [0, 0.1) is 5.82 Å². The van der Waals surface area contributed by atoms with Gasteiger partial charge in [0.05, 0.1) is 6.04 Å². The van der Waals surface area contributed by atoms with Gasteiger partial charge in [0.2, 0.25) is 0 Å². The van der Waals surface area contributed by atoms with Gasteiger partial charge in [-0.15, -0.1) is 0 Å². The van der Waals surface area contributed by atoms with Crippen LogP contribution < -0.4 is 5.32 Å². The number of benzene rings is 1. The Kier molecular flexibility index (Phi) is 5.78. The van der Waals surface area contributed by atoms with Crippen LogP contribution in [0.4, 0.5) is 4.39 Å². The van der Waals surface area contributed by atoms with Gasteiger partial charge < -0.3 is 10.2 Å². The fourth-order valence-electron chi connectivity index (χ4n) is 2.02. The summed E-state index contributed by atoms with van der Waals surface area (Å²) in [7, 11) is 4.04. The van der Waals surface area contributed by atoms with E-state index >= 15 is 0 Å². The van der Waals surface area contributed by atoms with Crippen LogP contribution >= 0.6 is 11.6 Å².